The van der Waals surface area contributed by atoms with Crippen LogP contribution < -0.4 is 15.4 Å². The number of hydrogen-bond acceptors (Lipinski definition) is 6. The first-order chi connectivity index (χ1) is 13.2. The fourth-order valence-corrected chi connectivity index (χ4v) is 2.86. The summed E-state index contributed by atoms with van der Waals surface area (Å²) in [6.45, 7) is 3.00. The van der Waals surface area contributed by atoms with Gasteiger partial charge in [-0.3, -0.25) is 4.40 Å². The summed E-state index contributed by atoms with van der Waals surface area (Å²) in [7, 11) is 0. The molecule has 0 saturated carbocycles. The van der Waals surface area contributed by atoms with Gasteiger partial charge in [-0.1, -0.05) is 13.8 Å². The first kappa shape index (κ1) is 19.0. The second-order valence-electron chi connectivity index (χ2n) is 5.71. The van der Waals surface area contributed by atoms with E-state index in [1.807, 2.05) is 13.8 Å². The van der Waals surface area contributed by atoms with Gasteiger partial charge in [-0.2, -0.15) is 8.78 Å². The summed E-state index contributed by atoms with van der Waals surface area (Å²) in [5.74, 6) is 0.622. The number of alkyl halides is 2. The summed E-state index contributed by atoms with van der Waals surface area (Å²) in [6, 6.07) is 5.02. The Balaban J connectivity index is 0.00000102. The van der Waals surface area contributed by atoms with Crippen molar-refractivity contribution in [1.82, 2.24) is 24.7 Å². The van der Waals surface area contributed by atoms with Crippen molar-refractivity contribution in [3.63, 3.8) is 0 Å². The summed E-state index contributed by atoms with van der Waals surface area (Å²) in [5, 5.41) is 6.58. The van der Waals surface area contributed by atoms with Crippen molar-refractivity contribution in [3.05, 3.63) is 36.8 Å². The molecule has 1 aliphatic heterocycles. The average molecular weight is 376 g/mol. The maximum absolute atomic E-state index is 12.3. The van der Waals surface area contributed by atoms with Crippen molar-refractivity contribution in [1.29, 1.82) is 0 Å². The molecule has 144 valence electrons. The van der Waals surface area contributed by atoms with Crippen LogP contribution in [-0.2, 0) is 0 Å². The van der Waals surface area contributed by atoms with Crippen molar-refractivity contribution in [2.24, 2.45) is 0 Å². The molecule has 0 amide bonds. The van der Waals surface area contributed by atoms with Gasteiger partial charge in [0.2, 0.25) is 5.95 Å². The molecule has 27 heavy (non-hydrogen) atoms. The lowest BCUT2D eigenvalue weighted by Gasteiger charge is -2.11. The molecule has 2 N–H and O–H groups in total. The molecule has 7 nitrogen and oxygen atoms in total. The van der Waals surface area contributed by atoms with E-state index in [-0.39, 0.29) is 5.75 Å². The number of aromatic nitrogens is 4. The van der Waals surface area contributed by atoms with E-state index in [0.717, 1.165) is 25.2 Å². The Morgan fingerprint density at radius 3 is 2.89 bits per heavy atom. The third kappa shape index (κ3) is 4.48. The zero-order valence-electron chi connectivity index (χ0n) is 15.2. The number of anilines is 1. The second-order valence-corrected chi connectivity index (χ2v) is 5.71. The number of pyridine rings is 1. The molecule has 0 radical (unpaired) electrons. The van der Waals surface area contributed by atoms with E-state index in [1.165, 1.54) is 12.1 Å². The molecule has 1 aliphatic rings. The van der Waals surface area contributed by atoms with Gasteiger partial charge in [0.25, 0.3) is 0 Å². The minimum atomic E-state index is -2.86. The summed E-state index contributed by atoms with van der Waals surface area (Å²) in [4.78, 5) is 13.0. The van der Waals surface area contributed by atoms with E-state index in [2.05, 4.69) is 30.3 Å². The van der Waals surface area contributed by atoms with Crippen molar-refractivity contribution in [3.8, 4) is 17.1 Å². The summed E-state index contributed by atoms with van der Waals surface area (Å²) in [5.41, 5.74) is 1.94. The zero-order chi connectivity index (χ0) is 19.2. The molecule has 1 fully saturated rings. The molecule has 0 spiro atoms. The van der Waals surface area contributed by atoms with Gasteiger partial charge in [0.05, 0.1) is 17.6 Å². The molecule has 0 bridgehead atoms. The molecule has 9 heteroatoms. The first-order valence-corrected chi connectivity index (χ1v) is 8.91. The fourth-order valence-electron chi connectivity index (χ4n) is 2.86. The van der Waals surface area contributed by atoms with Crippen molar-refractivity contribution < 1.29 is 13.5 Å². The fraction of sp³-hybridized carbons (Fsp3) is 0.389. The van der Waals surface area contributed by atoms with Crippen LogP contribution in [0.2, 0.25) is 0 Å². The summed E-state index contributed by atoms with van der Waals surface area (Å²) >= 11 is 0. The quantitative estimate of drug-likeness (QED) is 0.712. The molecule has 0 aliphatic carbocycles. The third-order valence-electron chi connectivity index (χ3n) is 4.02. The molecule has 1 atom stereocenters. The Morgan fingerprint density at radius 1 is 1.30 bits per heavy atom. The van der Waals surface area contributed by atoms with Gasteiger partial charge in [0, 0.05) is 31.0 Å². The standard InChI is InChI=1S/C16H16F2N6O.C2H6/c17-15(18)25-11-3-6-24-13(9-21-14(24)7-11)12-2-5-20-16(23-12)22-10-1-4-19-8-10;1-2/h2-3,5-7,9-10,15,19H,1,4,8H2,(H,20,22,23);1-2H3/t10-;/m1./s1. The van der Waals surface area contributed by atoms with Gasteiger partial charge >= 0.3 is 6.61 Å². The second kappa shape index (κ2) is 8.72. The highest BCUT2D eigenvalue weighted by Gasteiger charge is 2.16. The topological polar surface area (TPSA) is 76.4 Å². The van der Waals surface area contributed by atoms with Crippen LogP contribution in [0.5, 0.6) is 5.75 Å². The number of fused-ring (bicyclic) bond motifs is 1. The Morgan fingerprint density at radius 2 is 2.15 bits per heavy atom. The Kier molecular flexibility index (Phi) is 6.12. The highest BCUT2D eigenvalue weighted by Crippen LogP contribution is 2.23. The van der Waals surface area contributed by atoms with Crippen molar-refractivity contribution in [2.75, 3.05) is 18.4 Å². The maximum atomic E-state index is 12.3. The number of ether oxygens (including phenoxy) is 1. The summed E-state index contributed by atoms with van der Waals surface area (Å²) in [6.07, 6.45) is 5.98. The van der Waals surface area contributed by atoms with Gasteiger partial charge in [-0.15, -0.1) is 0 Å². The predicted molar refractivity (Wildman–Crippen MR) is 99.1 cm³/mol. The largest absolute Gasteiger partial charge is 0.435 e. The van der Waals surface area contributed by atoms with Gasteiger partial charge < -0.3 is 15.4 Å². The van der Waals surface area contributed by atoms with E-state index in [4.69, 9.17) is 0 Å². The molecule has 4 rings (SSSR count). The van der Waals surface area contributed by atoms with Crippen LogP contribution in [0.15, 0.2) is 36.8 Å². The van der Waals surface area contributed by atoms with Crippen LogP contribution in [-0.4, -0.2) is 45.1 Å². The van der Waals surface area contributed by atoms with E-state index in [9.17, 15) is 8.78 Å². The maximum Gasteiger partial charge on any atom is 0.387 e. The minimum Gasteiger partial charge on any atom is -0.435 e. The Bertz CT molecular complexity index is 879. The molecule has 0 unspecified atom stereocenters. The molecular formula is C18H22F2N6O. The van der Waals surface area contributed by atoms with Crippen LogP contribution in [0.3, 0.4) is 0 Å². The number of hydrogen-bond donors (Lipinski definition) is 2. The highest BCUT2D eigenvalue weighted by atomic mass is 19.3. The van der Waals surface area contributed by atoms with Crippen LogP contribution in [0.25, 0.3) is 17.0 Å². The average Bonchev–Trinajstić information content (AvgIpc) is 3.32. The number of rotatable bonds is 5. The van der Waals surface area contributed by atoms with Gasteiger partial charge in [-0.25, -0.2) is 15.0 Å². The smallest absolute Gasteiger partial charge is 0.387 e. The van der Waals surface area contributed by atoms with Gasteiger partial charge in [0.15, 0.2) is 0 Å². The van der Waals surface area contributed by atoms with E-state index in [0.29, 0.717) is 23.3 Å². The minimum absolute atomic E-state index is 0.0680. The molecule has 1 saturated heterocycles. The number of imidazole rings is 1. The molecular weight excluding hydrogens is 354 g/mol. The lowest BCUT2D eigenvalue weighted by atomic mass is 10.3. The van der Waals surface area contributed by atoms with Crippen LogP contribution in [0, 0.1) is 0 Å². The molecule has 4 heterocycles. The predicted octanol–water partition coefficient (Wildman–Crippen LogP) is 3.19. The number of halogens is 2. The van der Waals surface area contributed by atoms with Crippen molar-refractivity contribution >= 4 is 11.6 Å². The molecule has 3 aromatic rings. The number of nitrogens with zero attached hydrogens (tertiary/aromatic N) is 4. The van der Waals surface area contributed by atoms with E-state index >= 15 is 0 Å². The monoisotopic (exact) mass is 376 g/mol. The van der Waals surface area contributed by atoms with Crippen LogP contribution in [0.1, 0.15) is 20.3 Å². The lowest BCUT2D eigenvalue weighted by molar-refractivity contribution is -0.0498. The van der Waals surface area contributed by atoms with Crippen LogP contribution in [0.4, 0.5) is 14.7 Å². The Hall–Kier alpha value is -2.81. The molecule has 3 aromatic heterocycles. The van der Waals surface area contributed by atoms with Crippen LogP contribution >= 0.6 is 0 Å². The zero-order valence-corrected chi connectivity index (χ0v) is 15.2. The third-order valence-corrected chi connectivity index (χ3v) is 4.02. The van der Waals surface area contributed by atoms with Gasteiger partial charge in [-0.05, 0) is 25.1 Å². The highest BCUT2D eigenvalue weighted by molar-refractivity contribution is 5.61. The number of nitrogens with one attached hydrogen (secondary N) is 2. The van der Waals surface area contributed by atoms with Gasteiger partial charge in [0.1, 0.15) is 11.4 Å². The first-order valence-electron chi connectivity index (χ1n) is 8.91. The SMILES string of the molecule is CC.FC(F)Oc1ccn2c(-c3ccnc(N[C@@H]4CCNC4)n3)cnc2c1. The normalized spacial score (nSPS) is 16.3. The Labute approximate surface area is 155 Å². The molecule has 0 aromatic carbocycles. The summed E-state index contributed by atoms with van der Waals surface area (Å²) < 4.78 is 30.8. The van der Waals surface area contributed by atoms with E-state index < -0.39 is 6.61 Å². The van der Waals surface area contributed by atoms with E-state index in [1.54, 1.807) is 29.1 Å². The lowest BCUT2D eigenvalue weighted by Crippen LogP contribution is -2.23. The van der Waals surface area contributed by atoms with Crippen molar-refractivity contribution in [2.45, 2.75) is 32.9 Å².